The molecule has 0 heterocycles. The maximum Gasteiger partial charge on any atom is 0.200 e. The number of nitrogens with one attached hydrogen (secondary N) is 2. The molecule has 0 aliphatic heterocycles. The van der Waals surface area contributed by atoms with Gasteiger partial charge in [-0.3, -0.25) is 4.99 Å². The van der Waals surface area contributed by atoms with Crippen molar-refractivity contribution in [3.05, 3.63) is 17.7 Å². The van der Waals surface area contributed by atoms with Gasteiger partial charge >= 0.3 is 0 Å². The van der Waals surface area contributed by atoms with E-state index in [1.807, 2.05) is 0 Å². The summed E-state index contributed by atoms with van der Waals surface area (Å²) in [6.07, 6.45) is 6.63. The summed E-state index contributed by atoms with van der Waals surface area (Å²) < 4.78 is 10.4. The van der Waals surface area contributed by atoms with Crippen LogP contribution in [-0.2, 0) is 6.54 Å². The van der Waals surface area contributed by atoms with Gasteiger partial charge in [0.2, 0.25) is 5.75 Å². The predicted molar refractivity (Wildman–Crippen MR) is 121 cm³/mol. The summed E-state index contributed by atoms with van der Waals surface area (Å²) >= 11 is 0. The van der Waals surface area contributed by atoms with Crippen molar-refractivity contribution in [3.63, 3.8) is 0 Å². The van der Waals surface area contributed by atoms with Crippen LogP contribution in [0, 0.1) is 11.8 Å². The van der Waals surface area contributed by atoms with Gasteiger partial charge in [0, 0.05) is 20.1 Å². The number of hydrogen-bond donors (Lipinski definition) is 3. The Kier molecular flexibility index (Phi) is 10.6. The average molecular weight is 491 g/mol. The molecule has 0 aromatic heterocycles. The van der Waals surface area contributed by atoms with E-state index in [0.717, 1.165) is 29.9 Å². The second-order valence-electron chi connectivity index (χ2n) is 7.13. The first-order chi connectivity index (χ1) is 12.6. The Hall–Kier alpha value is -1.38. The molecule has 6 nitrogen and oxygen atoms in total. The first-order valence-corrected chi connectivity index (χ1v) is 9.45. The molecule has 154 valence electrons. The smallest absolute Gasteiger partial charge is 0.200 e. The highest BCUT2D eigenvalue weighted by atomic mass is 127. The second kappa shape index (κ2) is 12.2. The Morgan fingerprint density at radius 3 is 2.41 bits per heavy atom. The number of halogens is 1. The second-order valence-corrected chi connectivity index (χ2v) is 7.13. The molecule has 0 saturated heterocycles. The predicted octanol–water partition coefficient (Wildman–Crippen LogP) is 3.91. The summed E-state index contributed by atoms with van der Waals surface area (Å²) in [5.41, 5.74) is 0.945. The molecule has 1 fully saturated rings. The van der Waals surface area contributed by atoms with Gasteiger partial charge in [0.1, 0.15) is 0 Å². The highest BCUT2D eigenvalue weighted by molar-refractivity contribution is 14.0. The monoisotopic (exact) mass is 491 g/mol. The fourth-order valence-electron chi connectivity index (χ4n) is 3.67. The maximum atomic E-state index is 9.99. The number of phenolic OH excluding ortho intramolecular Hbond substituents is 1. The van der Waals surface area contributed by atoms with Crippen LogP contribution in [-0.4, -0.2) is 38.9 Å². The zero-order chi connectivity index (χ0) is 18.9. The van der Waals surface area contributed by atoms with Crippen molar-refractivity contribution < 1.29 is 14.6 Å². The van der Waals surface area contributed by atoms with Crippen molar-refractivity contribution in [2.24, 2.45) is 16.8 Å². The van der Waals surface area contributed by atoms with Gasteiger partial charge in [-0.2, -0.15) is 0 Å². The molecular weight excluding hydrogens is 457 g/mol. The minimum Gasteiger partial charge on any atom is -0.502 e. The van der Waals surface area contributed by atoms with Crippen LogP contribution >= 0.6 is 24.0 Å². The molecule has 3 N–H and O–H groups in total. The summed E-state index contributed by atoms with van der Waals surface area (Å²) in [5.74, 6) is 3.29. The van der Waals surface area contributed by atoms with Gasteiger partial charge in [-0.05, 0) is 42.4 Å². The highest BCUT2D eigenvalue weighted by Crippen LogP contribution is 2.37. The summed E-state index contributed by atoms with van der Waals surface area (Å²) in [6, 6.07) is 3.59. The first-order valence-electron chi connectivity index (χ1n) is 9.45. The molecule has 0 bridgehead atoms. The van der Waals surface area contributed by atoms with Gasteiger partial charge in [-0.25, -0.2) is 0 Å². The summed E-state index contributed by atoms with van der Waals surface area (Å²) in [6.45, 7) is 3.85. The third kappa shape index (κ3) is 7.27. The Morgan fingerprint density at radius 1 is 1.19 bits per heavy atom. The molecule has 27 heavy (non-hydrogen) atoms. The normalized spacial score (nSPS) is 19.8. The van der Waals surface area contributed by atoms with Gasteiger partial charge in [-0.1, -0.05) is 26.2 Å². The van der Waals surface area contributed by atoms with Crippen LogP contribution in [0.5, 0.6) is 17.2 Å². The van der Waals surface area contributed by atoms with E-state index >= 15 is 0 Å². The highest BCUT2D eigenvalue weighted by Gasteiger charge is 2.18. The number of phenols is 1. The molecule has 2 atom stereocenters. The van der Waals surface area contributed by atoms with Crippen molar-refractivity contribution in [1.29, 1.82) is 0 Å². The molecule has 1 aromatic carbocycles. The third-order valence-electron chi connectivity index (χ3n) is 5.11. The van der Waals surface area contributed by atoms with E-state index in [4.69, 9.17) is 9.47 Å². The van der Waals surface area contributed by atoms with Crippen molar-refractivity contribution in [2.75, 3.05) is 27.8 Å². The lowest BCUT2D eigenvalue weighted by Gasteiger charge is -2.26. The Morgan fingerprint density at radius 2 is 1.85 bits per heavy atom. The minimum absolute atomic E-state index is 0. The van der Waals surface area contributed by atoms with Crippen molar-refractivity contribution >= 4 is 29.9 Å². The van der Waals surface area contributed by atoms with Crippen LogP contribution < -0.4 is 20.1 Å². The lowest BCUT2D eigenvalue weighted by molar-refractivity contribution is 0.270. The molecule has 2 unspecified atom stereocenters. The molecule has 0 spiro atoms. The number of benzene rings is 1. The number of hydrogen-bond acceptors (Lipinski definition) is 4. The molecule has 2 rings (SSSR count). The van der Waals surface area contributed by atoms with E-state index in [0.29, 0.717) is 18.0 Å². The van der Waals surface area contributed by atoms with E-state index < -0.39 is 0 Å². The van der Waals surface area contributed by atoms with Gasteiger partial charge in [0.05, 0.1) is 14.2 Å². The number of nitrogens with zero attached hydrogens (tertiary/aromatic N) is 1. The van der Waals surface area contributed by atoms with E-state index in [2.05, 4.69) is 22.5 Å². The number of methoxy groups -OCH3 is 2. The third-order valence-corrected chi connectivity index (χ3v) is 5.11. The van der Waals surface area contributed by atoms with Crippen LogP contribution in [0.2, 0.25) is 0 Å². The lowest BCUT2D eigenvalue weighted by atomic mass is 9.81. The fourth-order valence-corrected chi connectivity index (χ4v) is 3.67. The Bertz CT molecular complexity index is 585. The standard InChI is InChI=1S/C20H33N3O3.HI/c1-14-6-5-7-15(10-14)8-9-22-20(21-2)23-13-16-11-17(25-3)19(24)18(12-16)26-4;/h11-12,14-15,24H,5-10,13H2,1-4H3,(H2,21,22,23);1H. The molecule has 7 heteroatoms. The van der Waals surface area contributed by atoms with Crippen molar-refractivity contribution in [2.45, 2.75) is 45.6 Å². The van der Waals surface area contributed by atoms with Crippen LogP contribution in [0.25, 0.3) is 0 Å². The zero-order valence-corrected chi connectivity index (χ0v) is 19.2. The minimum atomic E-state index is 0. The number of aliphatic imine (C=N–C) groups is 1. The largest absolute Gasteiger partial charge is 0.502 e. The van der Waals surface area contributed by atoms with Crippen LogP contribution in [0.15, 0.2) is 17.1 Å². The number of rotatable bonds is 7. The fraction of sp³-hybridized carbons (Fsp3) is 0.650. The van der Waals surface area contributed by atoms with Crippen LogP contribution in [0.1, 0.15) is 44.6 Å². The van der Waals surface area contributed by atoms with E-state index in [9.17, 15) is 5.11 Å². The molecule has 0 radical (unpaired) electrons. The lowest BCUT2D eigenvalue weighted by Crippen LogP contribution is -2.38. The quantitative estimate of drug-likeness (QED) is 0.307. The molecule has 1 aliphatic carbocycles. The summed E-state index contributed by atoms with van der Waals surface area (Å²) in [7, 11) is 4.83. The van der Waals surface area contributed by atoms with Crippen molar-refractivity contribution in [1.82, 2.24) is 10.6 Å². The first kappa shape index (κ1) is 23.7. The Balaban J connectivity index is 0.00000364. The van der Waals surface area contributed by atoms with Gasteiger partial charge in [0.25, 0.3) is 0 Å². The summed E-state index contributed by atoms with van der Waals surface area (Å²) in [5, 5.41) is 16.7. The molecule has 0 amide bonds. The number of ether oxygens (including phenoxy) is 2. The van der Waals surface area contributed by atoms with E-state index in [1.165, 1.54) is 46.3 Å². The topological polar surface area (TPSA) is 75.1 Å². The molecule has 1 aromatic rings. The number of guanidine groups is 1. The molecule has 1 aliphatic rings. The average Bonchev–Trinajstić information content (AvgIpc) is 2.65. The van der Waals surface area contributed by atoms with E-state index in [1.54, 1.807) is 19.2 Å². The van der Waals surface area contributed by atoms with Gasteiger partial charge < -0.3 is 25.2 Å². The Labute approximate surface area is 180 Å². The van der Waals surface area contributed by atoms with Gasteiger partial charge in [0.15, 0.2) is 17.5 Å². The maximum absolute atomic E-state index is 9.99. The zero-order valence-electron chi connectivity index (χ0n) is 16.9. The summed E-state index contributed by atoms with van der Waals surface area (Å²) in [4.78, 5) is 4.29. The SMILES string of the molecule is CN=C(NCCC1CCCC(C)C1)NCc1cc(OC)c(O)c(OC)c1.I. The van der Waals surface area contributed by atoms with Crippen LogP contribution in [0.3, 0.4) is 0 Å². The number of aromatic hydroxyl groups is 1. The molecule has 1 saturated carbocycles. The van der Waals surface area contributed by atoms with Crippen molar-refractivity contribution in [3.8, 4) is 17.2 Å². The van der Waals surface area contributed by atoms with E-state index in [-0.39, 0.29) is 29.7 Å². The van der Waals surface area contributed by atoms with Crippen LogP contribution in [0.4, 0.5) is 0 Å². The molecular formula is C20H34IN3O3. The van der Waals surface area contributed by atoms with Gasteiger partial charge in [-0.15, -0.1) is 24.0 Å².